The fraction of sp³-hybridized carbons (Fsp3) is 0.0667. The molecular formula is C15H12O3S3. The first-order valence-corrected chi connectivity index (χ1v) is 7.68. The van der Waals surface area contributed by atoms with E-state index in [2.05, 4.69) is 25.3 Å². The summed E-state index contributed by atoms with van der Waals surface area (Å²) in [6.45, 7) is 0. The minimum Gasteiger partial charge on any atom is -0.479 e. The smallest absolute Gasteiger partial charge is 0.337 e. The number of benzene rings is 2. The Morgan fingerprint density at radius 1 is 0.905 bits per heavy atom. The number of hydrogen-bond donors (Lipinski definition) is 3. The zero-order valence-electron chi connectivity index (χ0n) is 10.8. The Morgan fingerprint density at radius 3 is 1.95 bits per heavy atom. The van der Waals surface area contributed by atoms with Crippen LogP contribution in [-0.4, -0.2) is 20.9 Å². The van der Waals surface area contributed by atoms with Crippen LogP contribution in [0.1, 0.15) is 10.4 Å². The Kier molecular flexibility index (Phi) is 5.03. The minimum absolute atomic E-state index is 0.264. The standard InChI is InChI=1S/C15H12O3S3/c16-13(15(19,20)14(17)18)10-6-8-12(9-7-10)21-11-4-2-1-3-5-11/h1-9,19-20H,(H,17,18). The molecule has 0 fully saturated rings. The van der Waals surface area contributed by atoms with Crippen LogP contribution < -0.4 is 0 Å². The fourth-order valence-electron chi connectivity index (χ4n) is 1.60. The Labute approximate surface area is 137 Å². The van der Waals surface area contributed by atoms with Gasteiger partial charge in [-0.15, -0.1) is 25.3 Å². The summed E-state index contributed by atoms with van der Waals surface area (Å²) in [4.78, 5) is 25.0. The van der Waals surface area contributed by atoms with Crippen molar-refractivity contribution in [2.24, 2.45) is 0 Å². The predicted octanol–water partition coefficient (Wildman–Crippen LogP) is 3.66. The molecule has 0 aliphatic carbocycles. The molecule has 0 heterocycles. The van der Waals surface area contributed by atoms with Crippen LogP contribution in [-0.2, 0) is 4.79 Å². The topological polar surface area (TPSA) is 54.4 Å². The van der Waals surface area contributed by atoms with Crippen LogP contribution >= 0.6 is 37.0 Å². The molecule has 0 amide bonds. The van der Waals surface area contributed by atoms with E-state index in [4.69, 9.17) is 5.11 Å². The lowest BCUT2D eigenvalue weighted by molar-refractivity contribution is -0.136. The molecule has 21 heavy (non-hydrogen) atoms. The molecule has 0 atom stereocenters. The van der Waals surface area contributed by atoms with E-state index in [-0.39, 0.29) is 5.56 Å². The van der Waals surface area contributed by atoms with Crippen molar-refractivity contribution in [3.05, 3.63) is 60.2 Å². The molecule has 0 aliphatic rings. The molecule has 6 heteroatoms. The number of carbonyl (C=O) groups is 2. The summed E-state index contributed by atoms with van der Waals surface area (Å²) in [5, 5.41) is 8.94. The molecule has 2 aromatic carbocycles. The number of Topliss-reactive ketones (excluding diaryl/α,β-unsaturated/α-hetero) is 1. The molecule has 3 nitrogen and oxygen atoms in total. The predicted molar refractivity (Wildman–Crippen MR) is 89.7 cm³/mol. The zero-order valence-corrected chi connectivity index (χ0v) is 13.4. The minimum atomic E-state index is -2.02. The van der Waals surface area contributed by atoms with Gasteiger partial charge in [0.2, 0.25) is 4.08 Å². The van der Waals surface area contributed by atoms with E-state index in [0.717, 1.165) is 9.79 Å². The summed E-state index contributed by atoms with van der Waals surface area (Å²) < 4.78 is -2.02. The monoisotopic (exact) mass is 336 g/mol. The van der Waals surface area contributed by atoms with Crippen molar-refractivity contribution in [3.8, 4) is 0 Å². The van der Waals surface area contributed by atoms with Gasteiger partial charge in [-0.1, -0.05) is 42.1 Å². The second kappa shape index (κ2) is 6.60. The third-order valence-electron chi connectivity index (χ3n) is 2.71. The van der Waals surface area contributed by atoms with Crippen LogP contribution in [0.3, 0.4) is 0 Å². The van der Waals surface area contributed by atoms with Crippen LogP contribution in [0, 0.1) is 0 Å². The van der Waals surface area contributed by atoms with Crippen molar-refractivity contribution in [2.75, 3.05) is 0 Å². The van der Waals surface area contributed by atoms with Gasteiger partial charge < -0.3 is 5.11 Å². The molecule has 0 spiro atoms. The summed E-state index contributed by atoms with van der Waals surface area (Å²) in [7, 11) is 0. The highest BCUT2D eigenvalue weighted by Crippen LogP contribution is 2.29. The second-order valence-corrected chi connectivity index (χ2v) is 7.09. The summed E-state index contributed by atoms with van der Waals surface area (Å²) in [6, 6.07) is 16.5. The van der Waals surface area contributed by atoms with Crippen molar-refractivity contribution in [1.82, 2.24) is 0 Å². The molecule has 0 saturated heterocycles. The van der Waals surface area contributed by atoms with Gasteiger partial charge in [-0.25, -0.2) is 4.79 Å². The van der Waals surface area contributed by atoms with Crippen LogP contribution in [0.2, 0.25) is 0 Å². The number of carboxylic acid groups (broad SMARTS) is 1. The summed E-state index contributed by atoms with van der Waals surface area (Å²) in [5.41, 5.74) is 0.264. The third kappa shape index (κ3) is 3.84. The maximum atomic E-state index is 12.0. The molecule has 0 unspecified atom stereocenters. The number of carbonyl (C=O) groups excluding carboxylic acids is 1. The molecule has 0 saturated carbocycles. The molecule has 2 aromatic rings. The van der Waals surface area contributed by atoms with Crippen molar-refractivity contribution in [1.29, 1.82) is 0 Å². The highest BCUT2D eigenvalue weighted by Gasteiger charge is 2.39. The molecule has 0 bridgehead atoms. The molecular weight excluding hydrogens is 324 g/mol. The van der Waals surface area contributed by atoms with E-state index in [1.807, 2.05) is 30.3 Å². The van der Waals surface area contributed by atoms with E-state index >= 15 is 0 Å². The van der Waals surface area contributed by atoms with E-state index in [9.17, 15) is 9.59 Å². The largest absolute Gasteiger partial charge is 0.479 e. The number of thiol groups is 2. The first-order valence-electron chi connectivity index (χ1n) is 5.97. The van der Waals surface area contributed by atoms with Gasteiger partial charge in [-0.05, 0) is 24.3 Å². The van der Waals surface area contributed by atoms with Gasteiger partial charge in [0.05, 0.1) is 0 Å². The first kappa shape index (κ1) is 16.0. The number of carboxylic acids is 1. The average molecular weight is 336 g/mol. The van der Waals surface area contributed by atoms with Crippen molar-refractivity contribution >= 4 is 48.8 Å². The fourth-order valence-corrected chi connectivity index (χ4v) is 2.69. The van der Waals surface area contributed by atoms with Gasteiger partial charge in [-0.3, -0.25) is 4.79 Å². The lowest BCUT2D eigenvalue weighted by Crippen LogP contribution is -2.35. The van der Waals surface area contributed by atoms with Gasteiger partial charge >= 0.3 is 5.97 Å². The van der Waals surface area contributed by atoms with Gasteiger partial charge in [0.1, 0.15) is 0 Å². The van der Waals surface area contributed by atoms with Gasteiger partial charge in [-0.2, -0.15) is 0 Å². The van der Waals surface area contributed by atoms with Gasteiger partial charge in [0.15, 0.2) is 5.78 Å². The Bertz CT molecular complexity index is 652. The number of ketones is 1. The maximum Gasteiger partial charge on any atom is 0.337 e. The Morgan fingerprint density at radius 2 is 1.43 bits per heavy atom. The molecule has 1 N–H and O–H groups in total. The third-order valence-corrected chi connectivity index (χ3v) is 4.51. The Hall–Kier alpha value is -1.37. The number of aliphatic carboxylic acids is 1. The van der Waals surface area contributed by atoms with Crippen molar-refractivity contribution in [3.63, 3.8) is 0 Å². The van der Waals surface area contributed by atoms with Crippen LogP contribution in [0.15, 0.2) is 64.4 Å². The molecule has 2 rings (SSSR count). The molecule has 0 aromatic heterocycles. The maximum absolute atomic E-state index is 12.0. The normalized spacial score (nSPS) is 11.1. The quantitative estimate of drug-likeness (QED) is 0.338. The second-order valence-electron chi connectivity index (χ2n) is 4.25. The highest BCUT2D eigenvalue weighted by atomic mass is 32.2. The Balaban J connectivity index is 2.16. The lowest BCUT2D eigenvalue weighted by Gasteiger charge is -2.15. The van der Waals surface area contributed by atoms with E-state index < -0.39 is 15.8 Å². The zero-order chi connectivity index (χ0) is 15.5. The highest BCUT2D eigenvalue weighted by molar-refractivity contribution is 8.03. The van der Waals surface area contributed by atoms with Gasteiger partial charge in [0.25, 0.3) is 0 Å². The van der Waals surface area contributed by atoms with E-state index in [1.165, 1.54) is 0 Å². The van der Waals surface area contributed by atoms with Crippen LogP contribution in [0.5, 0.6) is 0 Å². The molecule has 0 radical (unpaired) electrons. The van der Waals surface area contributed by atoms with E-state index in [1.54, 1.807) is 36.0 Å². The van der Waals surface area contributed by atoms with E-state index in [0.29, 0.717) is 0 Å². The molecule has 0 aliphatic heterocycles. The number of rotatable bonds is 5. The van der Waals surface area contributed by atoms with Crippen LogP contribution in [0.25, 0.3) is 0 Å². The first-order chi connectivity index (χ1) is 9.91. The summed E-state index contributed by atoms with van der Waals surface area (Å²) >= 11 is 9.16. The van der Waals surface area contributed by atoms with Crippen molar-refractivity contribution < 1.29 is 14.7 Å². The molecule has 108 valence electrons. The lowest BCUT2D eigenvalue weighted by atomic mass is 10.1. The summed E-state index contributed by atoms with van der Waals surface area (Å²) in [5.74, 6) is -2.04. The van der Waals surface area contributed by atoms with Crippen LogP contribution in [0.4, 0.5) is 0 Å². The SMILES string of the molecule is O=C(O)C(S)(S)C(=O)c1ccc(Sc2ccccc2)cc1. The summed E-state index contributed by atoms with van der Waals surface area (Å²) in [6.07, 6.45) is 0. The van der Waals surface area contributed by atoms with Crippen molar-refractivity contribution in [2.45, 2.75) is 13.9 Å². The average Bonchev–Trinajstić information content (AvgIpc) is 2.48. The number of hydrogen-bond acceptors (Lipinski definition) is 5. The van der Waals surface area contributed by atoms with Gasteiger partial charge in [0, 0.05) is 15.4 Å².